The van der Waals surface area contributed by atoms with Gasteiger partial charge < -0.3 is 9.80 Å². The van der Waals surface area contributed by atoms with Gasteiger partial charge in [-0.1, -0.05) is 36.4 Å². The SMILES string of the molecule is CN(CC(=O)N1CCc2nc(SC3CCC3)n(-c3ccccc3)c(=O)c2C1)c1ccc(C(F)(F)F)cc1. The smallest absolute Gasteiger partial charge is 0.365 e. The number of para-hydroxylation sites is 1. The average molecular weight is 529 g/mol. The monoisotopic (exact) mass is 528 g/mol. The van der Waals surface area contributed by atoms with Crippen LogP contribution in [0.3, 0.4) is 0 Å². The van der Waals surface area contributed by atoms with E-state index in [0.29, 0.717) is 34.6 Å². The number of carbonyl (C=O) groups is 1. The number of amides is 1. The number of rotatable bonds is 6. The number of anilines is 1. The second-order valence-corrected chi connectivity index (χ2v) is 10.7. The highest BCUT2D eigenvalue weighted by molar-refractivity contribution is 7.99. The Labute approximate surface area is 217 Å². The van der Waals surface area contributed by atoms with Crippen LogP contribution in [-0.2, 0) is 23.9 Å². The predicted molar refractivity (Wildman–Crippen MR) is 137 cm³/mol. The summed E-state index contributed by atoms with van der Waals surface area (Å²) in [6.07, 6.45) is -0.516. The van der Waals surface area contributed by atoms with E-state index in [-0.39, 0.29) is 24.6 Å². The van der Waals surface area contributed by atoms with Crippen LogP contribution in [0.15, 0.2) is 64.5 Å². The van der Waals surface area contributed by atoms with E-state index in [0.717, 1.165) is 36.4 Å². The first kappa shape index (κ1) is 25.4. The van der Waals surface area contributed by atoms with Gasteiger partial charge in [-0.2, -0.15) is 13.2 Å². The molecule has 0 radical (unpaired) electrons. The van der Waals surface area contributed by atoms with Crippen molar-refractivity contribution in [3.63, 3.8) is 0 Å². The van der Waals surface area contributed by atoms with Crippen LogP contribution >= 0.6 is 11.8 Å². The molecule has 37 heavy (non-hydrogen) atoms. The van der Waals surface area contributed by atoms with Crippen molar-refractivity contribution in [2.45, 2.75) is 48.8 Å². The van der Waals surface area contributed by atoms with Crippen LogP contribution in [0.4, 0.5) is 18.9 Å². The Morgan fingerprint density at radius 3 is 2.43 bits per heavy atom. The van der Waals surface area contributed by atoms with Gasteiger partial charge in [0.15, 0.2) is 5.16 Å². The molecule has 0 spiro atoms. The molecule has 0 N–H and O–H groups in total. The fourth-order valence-electron chi connectivity index (χ4n) is 4.49. The molecule has 0 atom stereocenters. The molecule has 10 heteroatoms. The Bertz CT molecular complexity index is 1340. The first-order valence-corrected chi connectivity index (χ1v) is 13.1. The molecule has 5 rings (SSSR count). The standard InChI is InChI=1S/C27H27F3N4O2S/c1-32(19-12-10-18(11-13-19)27(28,29)30)17-24(35)33-15-14-23-22(16-33)25(36)34(20-6-3-2-4-7-20)26(31-23)37-21-8-5-9-21/h2-4,6-7,10-13,21H,5,8-9,14-17H2,1H3. The molecular weight excluding hydrogens is 501 g/mol. The summed E-state index contributed by atoms with van der Waals surface area (Å²) in [6, 6.07) is 14.1. The fourth-order valence-corrected chi connectivity index (χ4v) is 5.81. The zero-order valence-electron chi connectivity index (χ0n) is 20.4. The van der Waals surface area contributed by atoms with Gasteiger partial charge in [0.25, 0.3) is 5.56 Å². The normalized spacial score (nSPS) is 15.7. The number of carbonyl (C=O) groups excluding carboxylic acids is 1. The molecule has 1 amide bonds. The summed E-state index contributed by atoms with van der Waals surface area (Å²) in [5.74, 6) is -0.202. The molecule has 3 aromatic rings. The van der Waals surface area contributed by atoms with E-state index in [2.05, 4.69) is 0 Å². The van der Waals surface area contributed by atoms with Crippen molar-refractivity contribution in [2.24, 2.45) is 0 Å². The van der Waals surface area contributed by atoms with E-state index in [9.17, 15) is 22.8 Å². The summed E-state index contributed by atoms with van der Waals surface area (Å²) < 4.78 is 40.2. The molecule has 0 unspecified atom stereocenters. The van der Waals surface area contributed by atoms with E-state index in [1.54, 1.807) is 33.2 Å². The summed E-state index contributed by atoms with van der Waals surface area (Å²) in [5.41, 5.74) is 1.60. The lowest BCUT2D eigenvalue weighted by atomic mass is 10.0. The third-order valence-electron chi connectivity index (χ3n) is 6.90. The van der Waals surface area contributed by atoms with Gasteiger partial charge in [0.05, 0.1) is 35.6 Å². The number of aromatic nitrogens is 2. The van der Waals surface area contributed by atoms with E-state index >= 15 is 0 Å². The minimum Gasteiger partial charge on any atom is -0.365 e. The van der Waals surface area contributed by atoms with Crippen molar-refractivity contribution in [2.75, 3.05) is 25.0 Å². The van der Waals surface area contributed by atoms with Crippen molar-refractivity contribution in [1.82, 2.24) is 14.5 Å². The maximum atomic E-state index is 13.7. The van der Waals surface area contributed by atoms with Crippen LogP contribution in [0.2, 0.25) is 0 Å². The Morgan fingerprint density at radius 1 is 1.11 bits per heavy atom. The molecule has 1 aliphatic carbocycles. The topological polar surface area (TPSA) is 58.4 Å². The predicted octanol–water partition coefficient (Wildman–Crippen LogP) is 4.92. The number of benzene rings is 2. The van der Waals surface area contributed by atoms with Gasteiger partial charge in [-0.25, -0.2) is 4.98 Å². The molecule has 2 aliphatic rings. The Balaban J connectivity index is 1.36. The van der Waals surface area contributed by atoms with Crippen LogP contribution in [0.5, 0.6) is 0 Å². The van der Waals surface area contributed by atoms with Crippen molar-refractivity contribution >= 4 is 23.4 Å². The second kappa shape index (κ2) is 10.2. The van der Waals surface area contributed by atoms with Gasteiger partial charge in [0.2, 0.25) is 5.91 Å². The van der Waals surface area contributed by atoms with Crippen molar-refractivity contribution in [3.05, 3.63) is 81.8 Å². The lowest BCUT2D eigenvalue weighted by Crippen LogP contribution is -2.44. The number of likely N-dealkylation sites (N-methyl/N-ethyl adjacent to an activating group) is 1. The molecule has 1 aromatic heterocycles. The third-order valence-corrected chi connectivity index (χ3v) is 8.19. The summed E-state index contributed by atoms with van der Waals surface area (Å²) >= 11 is 1.65. The van der Waals surface area contributed by atoms with Gasteiger partial charge in [0, 0.05) is 31.0 Å². The highest BCUT2D eigenvalue weighted by Gasteiger charge is 2.31. The van der Waals surface area contributed by atoms with E-state index < -0.39 is 11.7 Å². The summed E-state index contributed by atoms with van der Waals surface area (Å²) in [4.78, 5) is 35.0. The number of hydrogen-bond acceptors (Lipinski definition) is 5. The summed E-state index contributed by atoms with van der Waals surface area (Å²) in [7, 11) is 1.66. The van der Waals surface area contributed by atoms with E-state index in [1.807, 2.05) is 30.3 Å². The highest BCUT2D eigenvalue weighted by atomic mass is 32.2. The van der Waals surface area contributed by atoms with Gasteiger partial charge in [-0.05, 0) is 49.2 Å². The molecule has 1 fully saturated rings. The molecule has 194 valence electrons. The van der Waals surface area contributed by atoms with Crippen molar-refractivity contribution < 1.29 is 18.0 Å². The quantitative estimate of drug-likeness (QED) is 0.426. The second-order valence-electron chi connectivity index (χ2n) is 9.43. The largest absolute Gasteiger partial charge is 0.416 e. The molecule has 1 aliphatic heterocycles. The van der Waals surface area contributed by atoms with Gasteiger partial charge in [-0.3, -0.25) is 14.2 Å². The number of hydrogen-bond donors (Lipinski definition) is 0. The maximum Gasteiger partial charge on any atom is 0.416 e. The summed E-state index contributed by atoms with van der Waals surface area (Å²) in [6.45, 7) is 0.570. The number of alkyl halides is 3. The molecule has 0 saturated heterocycles. The fraction of sp³-hybridized carbons (Fsp3) is 0.370. The van der Waals surface area contributed by atoms with Crippen LogP contribution < -0.4 is 10.5 Å². The van der Waals surface area contributed by atoms with Crippen LogP contribution in [0.25, 0.3) is 5.69 Å². The number of nitrogens with zero attached hydrogens (tertiary/aromatic N) is 4. The highest BCUT2D eigenvalue weighted by Crippen LogP contribution is 2.36. The average Bonchev–Trinajstić information content (AvgIpc) is 2.86. The molecule has 6 nitrogen and oxygen atoms in total. The Morgan fingerprint density at radius 2 is 1.81 bits per heavy atom. The van der Waals surface area contributed by atoms with E-state index in [4.69, 9.17) is 4.98 Å². The molecule has 0 bridgehead atoms. The lowest BCUT2D eigenvalue weighted by molar-refractivity contribution is -0.137. The third kappa shape index (κ3) is 5.39. The molecule has 1 saturated carbocycles. The van der Waals surface area contributed by atoms with Gasteiger partial charge in [-0.15, -0.1) is 0 Å². The number of fused-ring (bicyclic) bond motifs is 1. The molecule has 2 aromatic carbocycles. The molecule has 2 heterocycles. The number of halogens is 3. The van der Waals surface area contributed by atoms with Crippen LogP contribution in [-0.4, -0.2) is 45.7 Å². The minimum atomic E-state index is -4.41. The summed E-state index contributed by atoms with van der Waals surface area (Å²) in [5, 5.41) is 1.16. The maximum absolute atomic E-state index is 13.7. The van der Waals surface area contributed by atoms with Gasteiger partial charge >= 0.3 is 6.18 Å². The minimum absolute atomic E-state index is 0.0172. The molecular formula is C27H27F3N4O2S. The Kier molecular flexibility index (Phi) is 7.02. The first-order valence-electron chi connectivity index (χ1n) is 12.2. The van der Waals surface area contributed by atoms with E-state index in [1.165, 1.54) is 18.6 Å². The number of thioether (sulfide) groups is 1. The Hall–Kier alpha value is -3.27. The van der Waals surface area contributed by atoms with Gasteiger partial charge in [0.1, 0.15) is 0 Å². The lowest BCUT2D eigenvalue weighted by Gasteiger charge is -2.31. The van der Waals surface area contributed by atoms with Crippen LogP contribution in [0, 0.1) is 0 Å². The van der Waals surface area contributed by atoms with Crippen LogP contribution in [0.1, 0.15) is 36.1 Å². The zero-order valence-corrected chi connectivity index (χ0v) is 21.2. The zero-order chi connectivity index (χ0) is 26.2. The van der Waals surface area contributed by atoms with Crippen molar-refractivity contribution in [1.29, 1.82) is 0 Å². The first-order chi connectivity index (χ1) is 17.7. The van der Waals surface area contributed by atoms with Crippen molar-refractivity contribution in [3.8, 4) is 5.69 Å².